The van der Waals surface area contributed by atoms with Gasteiger partial charge in [-0.25, -0.2) is 0 Å². The second-order valence-electron chi connectivity index (χ2n) is 5.93. The third-order valence-corrected chi connectivity index (χ3v) is 8.42. The molecule has 3 atom stereocenters. The van der Waals surface area contributed by atoms with Gasteiger partial charge in [0.15, 0.2) is 8.03 Å². The molecule has 1 rings (SSSR count). The Morgan fingerprint density at radius 2 is 1.61 bits per heavy atom. The highest BCUT2D eigenvalue weighted by molar-refractivity contribution is 7.68. The largest absolute Gasteiger partial charge is 0.346 e. The normalized spacial score (nSPS) is 25.9. The van der Waals surface area contributed by atoms with Crippen LogP contribution in [-0.4, -0.2) is 78.7 Å². The summed E-state index contributed by atoms with van der Waals surface area (Å²) in [5.41, 5.74) is 0. The van der Waals surface area contributed by atoms with Gasteiger partial charge in [-0.15, -0.1) is 0 Å². The van der Waals surface area contributed by atoms with Crippen LogP contribution in [-0.2, 0) is 9.13 Å². The van der Waals surface area contributed by atoms with Crippen LogP contribution in [0.2, 0.25) is 0 Å². The molecular formula is C13H32N4O4P2. The molecule has 5 N–H and O–H groups in total. The van der Waals surface area contributed by atoms with Crippen LogP contribution < -0.4 is 16.0 Å². The SMILES string of the molecule is CC(N1CCCNCCNCCCNCC1)P(=O)(O)C[PH](=O)O. The molecule has 23 heavy (non-hydrogen) atoms. The number of rotatable bonds is 4. The quantitative estimate of drug-likeness (QED) is 0.436. The summed E-state index contributed by atoms with van der Waals surface area (Å²) in [7, 11) is -6.60. The predicted molar refractivity (Wildman–Crippen MR) is 94.8 cm³/mol. The van der Waals surface area contributed by atoms with Crippen molar-refractivity contribution >= 4 is 15.4 Å². The van der Waals surface area contributed by atoms with Gasteiger partial charge in [0.25, 0.3) is 0 Å². The van der Waals surface area contributed by atoms with Crippen molar-refractivity contribution in [3.8, 4) is 0 Å². The third kappa shape index (κ3) is 9.32. The first-order valence-corrected chi connectivity index (χ1v) is 11.8. The molecule has 1 fully saturated rings. The van der Waals surface area contributed by atoms with E-state index in [1.54, 1.807) is 6.92 Å². The smallest absolute Gasteiger partial charge is 0.226 e. The summed E-state index contributed by atoms with van der Waals surface area (Å²) in [4.78, 5) is 21.1. The summed E-state index contributed by atoms with van der Waals surface area (Å²) in [5, 5.41) is 10.1. The predicted octanol–water partition coefficient (Wildman–Crippen LogP) is -0.108. The lowest BCUT2D eigenvalue weighted by Crippen LogP contribution is -2.41. The number of nitrogens with one attached hydrogen (secondary N) is 3. The molecule has 0 aromatic heterocycles. The van der Waals surface area contributed by atoms with Crippen molar-refractivity contribution in [2.45, 2.75) is 25.5 Å². The number of hydrogen-bond donors (Lipinski definition) is 5. The fraction of sp³-hybridized carbons (Fsp3) is 1.00. The summed E-state index contributed by atoms with van der Waals surface area (Å²) in [6.07, 6.45) is 1.92. The Hall–Kier alpha value is 0.220. The molecule has 0 aliphatic carbocycles. The first-order chi connectivity index (χ1) is 10.9. The minimum absolute atomic E-state index is 0.493. The molecule has 1 saturated heterocycles. The van der Waals surface area contributed by atoms with Crippen molar-refractivity contribution in [3.05, 3.63) is 0 Å². The van der Waals surface area contributed by atoms with Gasteiger partial charge in [0, 0.05) is 32.7 Å². The lowest BCUT2D eigenvalue weighted by atomic mass is 10.3. The van der Waals surface area contributed by atoms with E-state index in [4.69, 9.17) is 4.89 Å². The average molecular weight is 370 g/mol. The van der Waals surface area contributed by atoms with E-state index < -0.39 is 27.1 Å². The van der Waals surface area contributed by atoms with Gasteiger partial charge in [0.1, 0.15) is 5.90 Å². The second kappa shape index (κ2) is 11.7. The van der Waals surface area contributed by atoms with Gasteiger partial charge in [-0.05, 0) is 39.4 Å². The molecule has 0 aromatic carbocycles. The van der Waals surface area contributed by atoms with Gasteiger partial charge in [-0.1, -0.05) is 0 Å². The third-order valence-electron chi connectivity index (χ3n) is 4.03. The average Bonchev–Trinajstić information content (AvgIpc) is 2.47. The standard InChI is InChI=1S/C13H32N4O4P2/c1-13(23(20,21)12-22(18)19)17-10-3-6-15-8-7-14-4-2-5-16-9-11-17/h13-16,22H,2-12H2,1H3,(H,18,19)(H,20,21). The Labute approximate surface area is 139 Å². The summed E-state index contributed by atoms with van der Waals surface area (Å²) >= 11 is 0. The molecule has 0 aromatic rings. The van der Waals surface area contributed by atoms with Crippen molar-refractivity contribution in [1.82, 2.24) is 20.9 Å². The zero-order chi connectivity index (χ0) is 17.1. The Morgan fingerprint density at radius 3 is 2.22 bits per heavy atom. The highest BCUT2D eigenvalue weighted by Crippen LogP contribution is 2.52. The zero-order valence-corrected chi connectivity index (χ0v) is 15.9. The van der Waals surface area contributed by atoms with Gasteiger partial charge in [0.05, 0.1) is 5.78 Å². The summed E-state index contributed by atoms with van der Waals surface area (Å²) in [5.74, 6) is -1.09. The maximum Gasteiger partial charge on any atom is 0.226 e. The van der Waals surface area contributed by atoms with Crippen molar-refractivity contribution in [2.24, 2.45) is 0 Å². The molecular weight excluding hydrogens is 338 g/mol. The van der Waals surface area contributed by atoms with E-state index in [2.05, 4.69) is 16.0 Å². The van der Waals surface area contributed by atoms with E-state index in [1.165, 1.54) is 0 Å². The van der Waals surface area contributed by atoms with E-state index in [0.717, 1.165) is 52.1 Å². The van der Waals surface area contributed by atoms with Crippen molar-refractivity contribution in [2.75, 3.05) is 58.3 Å². The minimum atomic E-state index is -3.65. The van der Waals surface area contributed by atoms with Gasteiger partial charge in [-0.2, -0.15) is 0 Å². The van der Waals surface area contributed by atoms with Crippen molar-refractivity contribution in [3.63, 3.8) is 0 Å². The Balaban J connectivity index is 2.58. The molecule has 0 spiro atoms. The Bertz CT molecular complexity index is 386. The van der Waals surface area contributed by atoms with E-state index in [-0.39, 0.29) is 0 Å². The van der Waals surface area contributed by atoms with E-state index in [1.807, 2.05) is 4.90 Å². The van der Waals surface area contributed by atoms with Crippen LogP contribution in [0.1, 0.15) is 19.8 Å². The minimum Gasteiger partial charge on any atom is -0.346 e. The highest BCUT2D eigenvalue weighted by Gasteiger charge is 2.33. The molecule has 1 aliphatic heterocycles. The topological polar surface area (TPSA) is 114 Å². The van der Waals surface area contributed by atoms with Gasteiger partial charge in [-0.3, -0.25) is 14.0 Å². The van der Waals surface area contributed by atoms with Crippen LogP contribution in [0.5, 0.6) is 0 Å². The van der Waals surface area contributed by atoms with Crippen LogP contribution in [0.4, 0.5) is 0 Å². The lowest BCUT2D eigenvalue weighted by molar-refractivity contribution is 0.241. The molecule has 10 heteroatoms. The molecule has 138 valence electrons. The van der Waals surface area contributed by atoms with Crippen LogP contribution in [0, 0.1) is 0 Å². The van der Waals surface area contributed by atoms with Crippen LogP contribution in [0.3, 0.4) is 0 Å². The fourth-order valence-electron chi connectivity index (χ4n) is 2.59. The summed E-state index contributed by atoms with van der Waals surface area (Å²) < 4.78 is 23.3. The van der Waals surface area contributed by atoms with Gasteiger partial charge >= 0.3 is 0 Å². The fourth-order valence-corrected chi connectivity index (χ4v) is 5.94. The molecule has 8 nitrogen and oxygen atoms in total. The first kappa shape index (κ1) is 21.3. The maximum absolute atomic E-state index is 12.3. The van der Waals surface area contributed by atoms with Crippen molar-refractivity contribution < 1.29 is 18.9 Å². The molecule has 1 heterocycles. The van der Waals surface area contributed by atoms with E-state index in [0.29, 0.717) is 13.1 Å². The van der Waals surface area contributed by atoms with Crippen LogP contribution in [0.25, 0.3) is 0 Å². The number of hydrogen-bond acceptors (Lipinski definition) is 6. The molecule has 0 bridgehead atoms. The molecule has 3 unspecified atom stereocenters. The monoisotopic (exact) mass is 370 g/mol. The van der Waals surface area contributed by atoms with Gasteiger partial charge in [0.2, 0.25) is 7.37 Å². The highest BCUT2D eigenvalue weighted by atomic mass is 31.2. The zero-order valence-electron chi connectivity index (χ0n) is 14.0. The second-order valence-corrected chi connectivity index (χ2v) is 10.2. The lowest BCUT2D eigenvalue weighted by Gasteiger charge is -2.32. The Kier molecular flexibility index (Phi) is 10.8. The first-order valence-electron chi connectivity index (χ1n) is 8.33. The molecule has 1 aliphatic rings. The maximum atomic E-state index is 12.3. The molecule has 0 radical (unpaired) electrons. The summed E-state index contributed by atoms with van der Waals surface area (Å²) in [6.45, 7) is 8.37. The van der Waals surface area contributed by atoms with Gasteiger partial charge < -0.3 is 25.7 Å². The van der Waals surface area contributed by atoms with E-state index in [9.17, 15) is 14.0 Å². The molecule has 0 saturated carbocycles. The molecule has 0 amide bonds. The van der Waals surface area contributed by atoms with Crippen molar-refractivity contribution in [1.29, 1.82) is 0 Å². The summed E-state index contributed by atoms with van der Waals surface area (Å²) in [6, 6.07) is 0. The van der Waals surface area contributed by atoms with Crippen LogP contribution in [0.15, 0.2) is 0 Å². The Morgan fingerprint density at radius 1 is 1.04 bits per heavy atom. The van der Waals surface area contributed by atoms with Crippen LogP contribution >= 0.6 is 15.4 Å². The number of nitrogens with zero attached hydrogens (tertiary/aromatic N) is 1. The van der Waals surface area contributed by atoms with E-state index >= 15 is 0 Å².